The number of esters is 1. The number of benzene rings is 1. The molecule has 3 aromatic rings. The number of hydrogen-bond donors (Lipinski definition) is 1. The number of nitrogens with zero attached hydrogens (tertiary/aromatic N) is 2. The Labute approximate surface area is 151 Å². The summed E-state index contributed by atoms with van der Waals surface area (Å²) in [7, 11) is 0. The van der Waals surface area contributed by atoms with Crippen LogP contribution < -0.4 is 0 Å². The number of carbonyl (C=O) groups excluding carboxylic acids is 1. The minimum absolute atomic E-state index is 0.0366. The van der Waals surface area contributed by atoms with E-state index in [0.717, 1.165) is 22.0 Å². The highest BCUT2D eigenvalue weighted by molar-refractivity contribution is 5.96. The van der Waals surface area contributed by atoms with Gasteiger partial charge in [-0.15, -0.1) is 0 Å². The Bertz CT molecular complexity index is 903. The van der Waals surface area contributed by atoms with Crippen molar-refractivity contribution in [3.8, 4) is 0 Å². The van der Waals surface area contributed by atoms with Gasteiger partial charge in [0.25, 0.3) is 0 Å². The molecule has 0 spiro atoms. The number of hydrogen-bond acceptors (Lipinski definition) is 4. The lowest BCUT2D eigenvalue weighted by atomic mass is 10.0. The Morgan fingerprint density at radius 3 is 2.73 bits per heavy atom. The van der Waals surface area contributed by atoms with Crippen molar-refractivity contribution in [1.29, 1.82) is 0 Å². The zero-order chi connectivity index (χ0) is 18.5. The molecule has 0 aliphatic carbocycles. The van der Waals surface area contributed by atoms with E-state index in [9.17, 15) is 14.3 Å². The van der Waals surface area contributed by atoms with Gasteiger partial charge in [0, 0.05) is 24.7 Å². The molecule has 1 N–H and O–H groups in total. The topological polar surface area (TPSA) is 64.3 Å². The van der Waals surface area contributed by atoms with Gasteiger partial charge in [-0.3, -0.25) is 0 Å². The van der Waals surface area contributed by atoms with E-state index >= 15 is 0 Å². The van der Waals surface area contributed by atoms with Gasteiger partial charge in [0.1, 0.15) is 5.82 Å². The van der Waals surface area contributed by atoms with Crippen LogP contribution in [0.25, 0.3) is 10.9 Å². The van der Waals surface area contributed by atoms with E-state index in [1.54, 1.807) is 25.3 Å². The first-order valence-corrected chi connectivity index (χ1v) is 8.63. The number of carbonyl (C=O) groups is 1. The van der Waals surface area contributed by atoms with Crippen molar-refractivity contribution >= 4 is 16.9 Å². The highest BCUT2D eigenvalue weighted by Gasteiger charge is 2.18. The summed E-state index contributed by atoms with van der Waals surface area (Å²) in [6, 6.07) is 8.30. The van der Waals surface area contributed by atoms with Crippen molar-refractivity contribution in [1.82, 2.24) is 9.55 Å². The van der Waals surface area contributed by atoms with Gasteiger partial charge in [-0.05, 0) is 49.1 Å². The largest absolute Gasteiger partial charge is 0.461 e. The Kier molecular flexibility index (Phi) is 5.63. The van der Waals surface area contributed by atoms with E-state index < -0.39 is 5.97 Å². The molecule has 0 saturated carbocycles. The van der Waals surface area contributed by atoms with Gasteiger partial charge in [-0.25, -0.2) is 14.2 Å². The molecule has 0 atom stereocenters. The normalized spacial score (nSPS) is 11.0. The number of aryl methyl sites for hydroxylation is 1. The van der Waals surface area contributed by atoms with Crippen LogP contribution in [0.15, 0.2) is 42.7 Å². The van der Waals surface area contributed by atoms with Crippen LogP contribution in [0.5, 0.6) is 0 Å². The zero-order valence-electron chi connectivity index (χ0n) is 14.6. The number of rotatable bonds is 7. The third-order valence-electron chi connectivity index (χ3n) is 4.25. The summed E-state index contributed by atoms with van der Waals surface area (Å²) >= 11 is 0. The van der Waals surface area contributed by atoms with Gasteiger partial charge in [0.15, 0.2) is 5.69 Å². The lowest BCUT2D eigenvalue weighted by molar-refractivity contribution is 0.0518. The van der Waals surface area contributed by atoms with E-state index in [2.05, 4.69) is 4.98 Å². The van der Waals surface area contributed by atoms with Crippen molar-refractivity contribution in [2.24, 2.45) is 0 Å². The minimum Gasteiger partial charge on any atom is -0.461 e. The van der Waals surface area contributed by atoms with E-state index in [1.807, 2.05) is 16.8 Å². The zero-order valence-corrected chi connectivity index (χ0v) is 14.6. The lowest BCUT2D eigenvalue weighted by Crippen LogP contribution is -2.12. The molecule has 3 rings (SSSR count). The Balaban J connectivity index is 2.00. The van der Waals surface area contributed by atoms with Crippen molar-refractivity contribution in [3.05, 3.63) is 65.4 Å². The fourth-order valence-electron chi connectivity index (χ4n) is 3.02. The number of halogens is 1. The van der Waals surface area contributed by atoms with Crippen LogP contribution in [0.3, 0.4) is 0 Å². The maximum absolute atomic E-state index is 13.1. The summed E-state index contributed by atoms with van der Waals surface area (Å²) in [5.74, 6) is -0.716. The quantitative estimate of drug-likeness (QED) is 0.660. The lowest BCUT2D eigenvalue weighted by Gasteiger charge is -2.11. The molecule has 136 valence electrons. The second kappa shape index (κ2) is 8.10. The third kappa shape index (κ3) is 3.75. The predicted molar refractivity (Wildman–Crippen MR) is 96.6 cm³/mol. The summed E-state index contributed by atoms with van der Waals surface area (Å²) in [5.41, 5.74) is 2.94. The van der Waals surface area contributed by atoms with E-state index in [0.29, 0.717) is 25.1 Å². The molecular formula is C20H21FN2O3. The Morgan fingerprint density at radius 1 is 1.27 bits per heavy atom. The fraction of sp³-hybridized carbons (Fsp3) is 0.300. The number of fused-ring (bicyclic) bond motifs is 1. The smallest absolute Gasteiger partial charge is 0.357 e. The van der Waals surface area contributed by atoms with Crippen molar-refractivity contribution < 1.29 is 19.0 Å². The van der Waals surface area contributed by atoms with Gasteiger partial charge >= 0.3 is 5.97 Å². The van der Waals surface area contributed by atoms with Crippen LogP contribution >= 0.6 is 0 Å². The molecule has 0 amide bonds. The Morgan fingerprint density at radius 2 is 2.04 bits per heavy atom. The molecule has 0 aliphatic rings. The monoisotopic (exact) mass is 356 g/mol. The molecule has 5 nitrogen and oxygen atoms in total. The first-order valence-electron chi connectivity index (χ1n) is 8.63. The maximum Gasteiger partial charge on any atom is 0.357 e. The molecule has 1 aromatic carbocycles. The van der Waals surface area contributed by atoms with Crippen LogP contribution in [-0.4, -0.2) is 33.8 Å². The number of aliphatic hydroxyl groups is 1. The second-order valence-corrected chi connectivity index (χ2v) is 6.00. The number of pyridine rings is 1. The van der Waals surface area contributed by atoms with Crippen LogP contribution in [0.4, 0.5) is 4.39 Å². The molecular weight excluding hydrogens is 335 g/mol. The summed E-state index contributed by atoms with van der Waals surface area (Å²) < 4.78 is 20.2. The van der Waals surface area contributed by atoms with Crippen LogP contribution in [-0.2, 0) is 17.7 Å². The molecule has 0 radical (unpaired) electrons. The van der Waals surface area contributed by atoms with E-state index in [-0.39, 0.29) is 19.0 Å². The third-order valence-corrected chi connectivity index (χ3v) is 4.25. The van der Waals surface area contributed by atoms with Crippen molar-refractivity contribution in [2.45, 2.75) is 26.3 Å². The molecule has 0 aliphatic heterocycles. The summed E-state index contributed by atoms with van der Waals surface area (Å²) in [5, 5.41) is 10.1. The van der Waals surface area contributed by atoms with Crippen LogP contribution in [0, 0.1) is 5.82 Å². The summed E-state index contributed by atoms with van der Waals surface area (Å²) in [6.07, 6.45) is 4.66. The maximum atomic E-state index is 13.1. The highest BCUT2D eigenvalue weighted by atomic mass is 19.1. The average Bonchev–Trinajstić information content (AvgIpc) is 3.05. The first kappa shape index (κ1) is 18.1. The minimum atomic E-state index is -0.450. The number of aliphatic hydroxyl groups excluding tert-OH is 1. The molecule has 2 aromatic heterocycles. The number of ether oxygens (including phenoxy) is 1. The SMILES string of the molecule is CCOC(=O)c1ncc2c(ccn2Cc2ccc(F)cc2)c1CCCO. The highest BCUT2D eigenvalue weighted by Crippen LogP contribution is 2.25. The molecule has 0 bridgehead atoms. The fourth-order valence-corrected chi connectivity index (χ4v) is 3.02. The first-order chi connectivity index (χ1) is 12.6. The van der Waals surface area contributed by atoms with Gasteiger partial charge in [-0.1, -0.05) is 12.1 Å². The molecule has 0 fully saturated rings. The Hall–Kier alpha value is -2.73. The van der Waals surface area contributed by atoms with Crippen LogP contribution in [0.1, 0.15) is 35.0 Å². The van der Waals surface area contributed by atoms with Gasteiger partial charge in [0.05, 0.1) is 18.3 Å². The van der Waals surface area contributed by atoms with E-state index in [4.69, 9.17) is 4.74 Å². The van der Waals surface area contributed by atoms with E-state index in [1.165, 1.54) is 12.1 Å². The van der Waals surface area contributed by atoms with Gasteiger partial charge in [0.2, 0.25) is 0 Å². The summed E-state index contributed by atoms with van der Waals surface area (Å²) in [4.78, 5) is 16.5. The van der Waals surface area contributed by atoms with Gasteiger partial charge in [-0.2, -0.15) is 0 Å². The summed E-state index contributed by atoms with van der Waals surface area (Å²) in [6.45, 7) is 2.64. The molecule has 6 heteroatoms. The molecule has 2 heterocycles. The molecule has 0 unspecified atom stereocenters. The number of aromatic nitrogens is 2. The molecule has 26 heavy (non-hydrogen) atoms. The average molecular weight is 356 g/mol. The van der Waals surface area contributed by atoms with Crippen LogP contribution in [0.2, 0.25) is 0 Å². The van der Waals surface area contributed by atoms with Crippen molar-refractivity contribution in [3.63, 3.8) is 0 Å². The molecule has 0 saturated heterocycles. The standard InChI is InChI=1S/C20H21FN2O3/c1-2-26-20(25)19-17(4-3-11-24)16-9-10-23(18(16)12-22-19)13-14-5-7-15(21)8-6-14/h5-10,12,24H,2-4,11,13H2,1H3. The predicted octanol–water partition coefficient (Wildman–Crippen LogP) is 3.33. The second-order valence-electron chi connectivity index (χ2n) is 6.00. The van der Waals surface area contributed by atoms with Gasteiger partial charge < -0.3 is 14.4 Å². The van der Waals surface area contributed by atoms with Crippen molar-refractivity contribution in [2.75, 3.05) is 13.2 Å².